The van der Waals surface area contributed by atoms with Crippen molar-refractivity contribution < 1.29 is 22.7 Å². The van der Waals surface area contributed by atoms with Crippen LogP contribution in [0.4, 0.5) is 18.9 Å². The first-order chi connectivity index (χ1) is 11.9. The summed E-state index contributed by atoms with van der Waals surface area (Å²) in [5.74, 6) is -0.820. The van der Waals surface area contributed by atoms with Gasteiger partial charge in [-0.25, -0.2) is 0 Å². The van der Waals surface area contributed by atoms with Crippen LogP contribution in [0, 0.1) is 0 Å². The van der Waals surface area contributed by atoms with Crippen molar-refractivity contribution in [2.24, 2.45) is 0 Å². The molecule has 1 amide bonds. The van der Waals surface area contributed by atoms with Gasteiger partial charge in [0, 0.05) is 23.5 Å². The zero-order valence-electron chi connectivity index (χ0n) is 13.1. The number of ether oxygens (including phenoxy) is 1. The predicted molar refractivity (Wildman–Crippen MR) is 88.4 cm³/mol. The third kappa shape index (κ3) is 4.32. The van der Waals surface area contributed by atoms with Crippen LogP contribution in [0.25, 0.3) is 10.9 Å². The molecule has 0 radical (unpaired) electrons. The lowest BCUT2D eigenvalue weighted by molar-refractivity contribution is -0.274. The van der Waals surface area contributed by atoms with Crippen LogP contribution in [0.1, 0.15) is 12.0 Å². The quantitative estimate of drug-likeness (QED) is 0.706. The fourth-order valence-electron chi connectivity index (χ4n) is 2.58. The van der Waals surface area contributed by atoms with Crippen LogP contribution in [0.5, 0.6) is 5.75 Å². The van der Waals surface area contributed by atoms with Gasteiger partial charge >= 0.3 is 6.36 Å². The molecule has 0 atom stereocenters. The standard InChI is InChI=1S/C18H15F3N2O2/c19-18(20,21)25-16-8-4-3-7-15(16)23-17(24)10-9-12-11-22-14-6-2-1-5-13(12)14/h1-8,11,22H,9-10H2,(H,23,24). The summed E-state index contributed by atoms with van der Waals surface area (Å²) in [4.78, 5) is 15.2. The minimum Gasteiger partial charge on any atom is -0.404 e. The predicted octanol–water partition coefficient (Wildman–Crippen LogP) is 4.64. The molecule has 2 aromatic carbocycles. The molecule has 0 unspecified atom stereocenters. The van der Waals surface area contributed by atoms with E-state index in [4.69, 9.17) is 0 Å². The van der Waals surface area contributed by atoms with Gasteiger partial charge in [-0.3, -0.25) is 4.79 Å². The van der Waals surface area contributed by atoms with E-state index in [-0.39, 0.29) is 18.0 Å². The van der Waals surface area contributed by atoms with Gasteiger partial charge in [0.25, 0.3) is 0 Å². The lowest BCUT2D eigenvalue weighted by Gasteiger charge is -2.13. The number of carbonyl (C=O) groups excluding carboxylic acids is 1. The van der Waals surface area contributed by atoms with Crippen molar-refractivity contribution in [2.75, 3.05) is 5.32 Å². The number of benzene rings is 2. The van der Waals surface area contributed by atoms with Gasteiger partial charge in [0.1, 0.15) is 0 Å². The molecular weight excluding hydrogens is 333 g/mol. The second-order valence-corrected chi connectivity index (χ2v) is 5.45. The number of aromatic amines is 1. The first-order valence-corrected chi connectivity index (χ1v) is 7.62. The Morgan fingerprint density at radius 3 is 2.60 bits per heavy atom. The summed E-state index contributed by atoms with van der Waals surface area (Å²) < 4.78 is 41.1. The highest BCUT2D eigenvalue weighted by molar-refractivity contribution is 5.93. The lowest BCUT2D eigenvalue weighted by Crippen LogP contribution is -2.19. The summed E-state index contributed by atoms with van der Waals surface area (Å²) >= 11 is 0. The van der Waals surface area contributed by atoms with E-state index in [1.807, 2.05) is 30.5 Å². The maximum Gasteiger partial charge on any atom is 0.573 e. The third-order valence-corrected chi connectivity index (χ3v) is 3.68. The summed E-state index contributed by atoms with van der Waals surface area (Å²) in [5.41, 5.74) is 1.94. The molecule has 4 nitrogen and oxygen atoms in total. The number of carbonyl (C=O) groups is 1. The Kier molecular flexibility index (Phi) is 4.65. The molecule has 0 aliphatic rings. The Balaban J connectivity index is 1.65. The van der Waals surface area contributed by atoms with E-state index >= 15 is 0 Å². The van der Waals surface area contributed by atoms with E-state index < -0.39 is 12.1 Å². The van der Waals surface area contributed by atoms with E-state index in [2.05, 4.69) is 15.0 Å². The first-order valence-electron chi connectivity index (χ1n) is 7.62. The maximum atomic E-state index is 12.4. The van der Waals surface area contributed by atoms with E-state index in [0.717, 1.165) is 22.5 Å². The molecule has 0 aliphatic heterocycles. The Bertz CT molecular complexity index is 887. The van der Waals surface area contributed by atoms with Gasteiger partial charge in [0.05, 0.1) is 5.69 Å². The monoisotopic (exact) mass is 348 g/mol. The van der Waals surface area contributed by atoms with Crippen LogP contribution in [0.15, 0.2) is 54.7 Å². The van der Waals surface area contributed by atoms with Gasteiger partial charge in [-0.1, -0.05) is 30.3 Å². The van der Waals surface area contributed by atoms with Gasteiger partial charge in [-0.15, -0.1) is 13.2 Å². The molecule has 0 saturated carbocycles. The number of aromatic nitrogens is 1. The summed E-state index contributed by atoms with van der Waals surface area (Å²) in [7, 11) is 0. The zero-order chi connectivity index (χ0) is 17.9. The second-order valence-electron chi connectivity index (χ2n) is 5.45. The van der Waals surface area contributed by atoms with Gasteiger partial charge in [-0.2, -0.15) is 0 Å². The number of para-hydroxylation sites is 3. The average Bonchev–Trinajstić information content (AvgIpc) is 2.97. The van der Waals surface area contributed by atoms with Crippen molar-refractivity contribution in [3.05, 3.63) is 60.3 Å². The number of hydrogen-bond donors (Lipinski definition) is 2. The summed E-state index contributed by atoms with van der Waals surface area (Å²) in [6.07, 6.45) is -2.37. The van der Waals surface area contributed by atoms with Gasteiger partial charge in [-0.05, 0) is 30.2 Å². The Morgan fingerprint density at radius 1 is 1.08 bits per heavy atom. The number of alkyl halides is 3. The molecule has 3 aromatic rings. The molecule has 0 aliphatic carbocycles. The number of amides is 1. The number of fused-ring (bicyclic) bond motifs is 1. The minimum absolute atomic E-state index is 0.0104. The first kappa shape index (κ1) is 16.9. The minimum atomic E-state index is -4.81. The van der Waals surface area contributed by atoms with Crippen molar-refractivity contribution in [1.82, 2.24) is 4.98 Å². The summed E-state index contributed by atoms with van der Waals surface area (Å²) in [6, 6.07) is 13.2. The van der Waals surface area contributed by atoms with Crippen molar-refractivity contribution >= 4 is 22.5 Å². The Morgan fingerprint density at radius 2 is 1.80 bits per heavy atom. The van der Waals surface area contributed by atoms with Crippen LogP contribution in [-0.2, 0) is 11.2 Å². The van der Waals surface area contributed by atoms with Crippen molar-refractivity contribution in [3.63, 3.8) is 0 Å². The zero-order valence-corrected chi connectivity index (χ0v) is 13.1. The maximum absolute atomic E-state index is 12.4. The number of rotatable bonds is 5. The van der Waals surface area contributed by atoms with Crippen LogP contribution >= 0.6 is 0 Å². The number of hydrogen-bond acceptors (Lipinski definition) is 2. The molecule has 7 heteroatoms. The summed E-state index contributed by atoms with van der Waals surface area (Å²) in [6.45, 7) is 0. The van der Waals surface area contributed by atoms with Crippen LogP contribution < -0.4 is 10.1 Å². The Hall–Kier alpha value is -2.96. The van der Waals surface area contributed by atoms with E-state index in [1.54, 1.807) is 0 Å². The number of anilines is 1. The molecule has 2 N–H and O–H groups in total. The SMILES string of the molecule is O=C(CCc1c[nH]c2ccccc12)Nc1ccccc1OC(F)(F)F. The molecule has 1 heterocycles. The van der Waals surface area contributed by atoms with E-state index in [1.165, 1.54) is 18.2 Å². The number of halogens is 3. The normalized spacial score (nSPS) is 11.5. The largest absolute Gasteiger partial charge is 0.573 e. The molecule has 3 rings (SSSR count). The molecule has 0 fully saturated rings. The van der Waals surface area contributed by atoms with Crippen molar-refractivity contribution in [3.8, 4) is 5.75 Å². The molecule has 130 valence electrons. The molecule has 0 saturated heterocycles. The van der Waals surface area contributed by atoms with Crippen LogP contribution in [0.2, 0.25) is 0 Å². The van der Waals surface area contributed by atoms with Crippen molar-refractivity contribution in [1.29, 1.82) is 0 Å². The fourth-order valence-corrected chi connectivity index (χ4v) is 2.58. The molecule has 0 spiro atoms. The topological polar surface area (TPSA) is 54.1 Å². The van der Waals surface area contributed by atoms with Gasteiger partial charge < -0.3 is 15.0 Å². The molecule has 1 aromatic heterocycles. The second kappa shape index (κ2) is 6.88. The van der Waals surface area contributed by atoms with E-state index in [9.17, 15) is 18.0 Å². The van der Waals surface area contributed by atoms with Crippen molar-refractivity contribution in [2.45, 2.75) is 19.2 Å². The lowest BCUT2D eigenvalue weighted by atomic mass is 10.1. The highest BCUT2D eigenvalue weighted by Crippen LogP contribution is 2.30. The van der Waals surface area contributed by atoms with Crippen LogP contribution in [-0.4, -0.2) is 17.3 Å². The molecule has 25 heavy (non-hydrogen) atoms. The van der Waals surface area contributed by atoms with Gasteiger partial charge in [0.15, 0.2) is 5.75 Å². The van der Waals surface area contributed by atoms with Gasteiger partial charge in [0.2, 0.25) is 5.91 Å². The van der Waals surface area contributed by atoms with Crippen LogP contribution in [0.3, 0.4) is 0 Å². The summed E-state index contributed by atoms with van der Waals surface area (Å²) in [5, 5.41) is 3.49. The molecule has 0 bridgehead atoms. The average molecular weight is 348 g/mol. The van der Waals surface area contributed by atoms with E-state index in [0.29, 0.717) is 6.42 Å². The highest BCUT2D eigenvalue weighted by Gasteiger charge is 2.32. The number of H-pyrrole nitrogens is 1. The third-order valence-electron chi connectivity index (χ3n) is 3.68. The highest BCUT2D eigenvalue weighted by atomic mass is 19.4. The number of nitrogens with one attached hydrogen (secondary N) is 2. The smallest absolute Gasteiger partial charge is 0.404 e. The fraction of sp³-hybridized carbons (Fsp3) is 0.167. The Labute approximate surface area is 141 Å². The molecular formula is C18H15F3N2O2. The number of aryl methyl sites for hydroxylation is 1.